The van der Waals surface area contributed by atoms with Gasteiger partial charge in [-0.1, -0.05) is 15.9 Å². The summed E-state index contributed by atoms with van der Waals surface area (Å²) in [5.41, 5.74) is 0.974. The molecule has 2 rings (SSSR count). The molecule has 0 aliphatic heterocycles. The lowest BCUT2D eigenvalue weighted by Gasteiger charge is -2.11. The summed E-state index contributed by atoms with van der Waals surface area (Å²) < 4.78 is 12.2. The molecule has 112 valence electrons. The van der Waals surface area contributed by atoms with Crippen LogP contribution in [0, 0.1) is 6.92 Å². The predicted octanol–water partition coefficient (Wildman–Crippen LogP) is 3.56. The zero-order valence-corrected chi connectivity index (χ0v) is 13.9. The first-order valence-electron chi connectivity index (χ1n) is 6.52. The summed E-state index contributed by atoms with van der Waals surface area (Å²) in [6.07, 6.45) is -0.0284. The van der Waals surface area contributed by atoms with Gasteiger partial charge in [-0.05, 0) is 44.5 Å². The monoisotopic (exact) mass is 352 g/mol. The minimum Gasteiger partial charge on any atom is -0.461 e. The topological polar surface area (TPSA) is 69.2 Å². The van der Waals surface area contributed by atoms with Crippen LogP contribution in [0.1, 0.15) is 19.4 Å². The summed E-state index contributed by atoms with van der Waals surface area (Å²) in [6.45, 7) is 5.76. The van der Waals surface area contributed by atoms with E-state index in [0.717, 1.165) is 10.0 Å². The van der Waals surface area contributed by atoms with Crippen LogP contribution in [0.5, 0.6) is 17.8 Å². The molecule has 7 heteroatoms. The number of rotatable bonds is 5. The third-order valence-electron chi connectivity index (χ3n) is 2.50. The molecule has 21 heavy (non-hydrogen) atoms. The van der Waals surface area contributed by atoms with Crippen molar-refractivity contribution in [1.29, 1.82) is 0 Å². The highest BCUT2D eigenvalue weighted by molar-refractivity contribution is 9.10. The van der Waals surface area contributed by atoms with Gasteiger partial charge in [0.05, 0.1) is 6.10 Å². The van der Waals surface area contributed by atoms with Crippen molar-refractivity contribution in [1.82, 2.24) is 15.0 Å². The Kier molecular flexibility index (Phi) is 4.95. The van der Waals surface area contributed by atoms with Crippen LogP contribution in [-0.4, -0.2) is 28.1 Å². The summed E-state index contributed by atoms with van der Waals surface area (Å²) >= 11 is 3.42. The SMILES string of the molecule is CNc1nc(Oc2ccc(Br)cc2C)nc(OC(C)C)n1. The Labute approximate surface area is 132 Å². The molecule has 6 nitrogen and oxygen atoms in total. The lowest BCUT2D eigenvalue weighted by molar-refractivity contribution is 0.218. The first kappa shape index (κ1) is 15.5. The van der Waals surface area contributed by atoms with E-state index in [-0.39, 0.29) is 18.1 Å². The number of benzene rings is 1. The Hall–Kier alpha value is -1.89. The normalized spacial score (nSPS) is 10.6. The molecule has 0 radical (unpaired) electrons. The fraction of sp³-hybridized carbons (Fsp3) is 0.357. The fourth-order valence-electron chi connectivity index (χ4n) is 1.58. The van der Waals surface area contributed by atoms with Crippen molar-refractivity contribution >= 4 is 21.9 Å². The van der Waals surface area contributed by atoms with E-state index in [1.54, 1.807) is 7.05 Å². The minimum atomic E-state index is -0.0284. The third-order valence-corrected chi connectivity index (χ3v) is 2.99. The number of ether oxygens (including phenoxy) is 2. The van der Waals surface area contributed by atoms with Crippen LogP contribution in [-0.2, 0) is 0 Å². The van der Waals surface area contributed by atoms with Crippen molar-refractivity contribution in [2.45, 2.75) is 26.9 Å². The van der Waals surface area contributed by atoms with Crippen LogP contribution in [0.4, 0.5) is 5.95 Å². The molecule has 0 bridgehead atoms. The van der Waals surface area contributed by atoms with Crippen LogP contribution < -0.4 is 14.8 Å². The van der Waals surface area contributed by atoms with E-state index in [1.165, 1.54) is 0 Å². The van der Waals surface area contributed by atoms with Gasteiger partial charge in [-0.25, -0.2) is 0 Å². The molecule has 0 aliphatic carbocycles. The van der Waals surface area contributed by atoms with E-state index in [9.17, 15) is 0 Å². The number of aryl methyl sites for hydroxylation is 1. The first-order valence-corrected chi connectivity index (χ1v) is 7.31. The number of nitrogens with one attached hydrogen (secondary N) is 1. The number of hydrogen-bond donors (Lipinski definition) is 1. The Morgan fingerprint density at radius 1 is 1.14 bits per heavy atom. The minimum absolute atomic E-state index is 0.0284. The van der Waals surface area contributed by atoms with E-state index >= 15 is 0 Å². The van der Waals surface area contributed by atoms with E-state index in [1.807, 2.05) is 39.0 Å². The maximum absolute atomic E-state index is 5.73. The standard InChI is InChI=1S/C14H17BrN4O2/c1-8(2)20-13-17-12(16-4)18-14(19-13)21-11-6-5-10(15)7-9(11)3/h5-8H,1-4H3,(H,16,17,18,19). The van der Waals surface area contributed by atoms with Crippen molar-refractivity contribution < 1.29 is 9.47 Å². The molecule has 0 fully saturated rings. The second-order valence-electron chi connectivity index (χ2n) is 4.65. The van der Waals surface area contributed by atoms with Gasteiger partial charge in [0, 0.05) is 11.5 Å². The molecule has 0 spiro atoms. The summed E-state index contributed by atoms with van der Waals surface area (Å²) in [7, 11) is 1.73. The molecule has 0 amide bonds. The summed E-state index contributed by atoms with van der Waals surface area (Å²) in [5.74, 6) is 1.08. The van der Waals surface area contributed by atoms with Gasteiger partial charge in [-0.15, -0.1) is 4.98 Å². The molecule has 1 N–H and O–H groups in total. The quantitative estimate of drug-likeness (QED) is 0.886. The largest absolute Gasteiger partial charge is 0.461 e. The molecule has 2 aromatic rings. The molecule has 1 heterocycles. The van der Waals surface area contributed by atoms with Crippen LogP contribution in [0.25, 0.3) is 0 Å². The van der Waals surface area contributed by atoms with Gasteiger partial charge in [-0.2, -0.15) is 9.97 Å². The zero-order valence-electron chi connectivity index (χ0n) is 12.3. The number of hydrogen-bond acceptors (Lipinski definition) is 6. The fourth-order valence-corrected chi connectivity index (χ4v) is 2.06. The number of anilines is 1. The second kappa shape index (κ2) is 6.71. The Morgan fingerprint density at radius 3 is 2.48 bits per heavy atom. The van der Waals surface area contributed by atoms with Gasteiger partial charge in [0.1, 0.15) is 5.75 Å². The molecule has 0 unspecified atom stereocenters. The number of halogens is 1. The molecular weight excluding hydrogens is 336 g/mol. The molecule has 1 aromatic heterocycles. The Bertz CT molecular complexity index is 634. The van der Waals surface area contributed by atoms with Gasteiger partial charge in [0.15, 0.2) is 0 Å². The average molecular weight is 353 g/mol. The molecular formula is C14H17BrN4O2. The lowest BCUT2D eigenvalue weighted by atomic mass is 10.2. The van der Waals surface area contributed by atoms with Gasteiger partial charge in [-0.3, -0.25) is 0 Å². The molecule has 0 saturated heterocycles. The van der Waals surface area contributed by atoms with E-state index in [4.69, 9.17) is 9.47 Å². The van der Waals surface area contributed by atoms with Crippen molar-refractivity contribution in [2.75, 3.05) is 12.4 Å². The predicted molar refractivity (Wildman–Crippen MR) is 84.1 cm³/mol. The smallest absolute Gasteiger partial charge is 0.330 e. The third kappa shape index (κ3) is 4.29. The van der Waals surface area contributed by atoms with Gasteiger partial charge in [0.2, 0.25) is 5.95 Å². The van der Waals surface area contributed by atoms with Gasteiger partial charge < -0.3 is 14.8 Å². The summed E-state index contributed by atoms with van der Waals surface area (Å²) in [6, 6.07) is 6.13. The Balaban J connectivity index is 2.29. The zero-order chi connectivity index (χ0) is 15.4. The van der Waals surface area contributed by atoms with Gasteiger partial charge >= 0.3 is 12.0 Å². The van der Waals surface area contributed by atoms with Crippen molar-refractivity contribution in [3.63, 3.8) is 0 Å². The maximum atomic E-state index is 5.73. The summed E-state index contributed by atoms with van der Waals surface area (Å²) in [5, 5.41) is 2.86. The molecule has 0 atom stereocenters. The maximum Gasteiger partial charge on any atom is 0.330 e. The Morgan fingerprint density at radius 2 is 1.86 bits per heavy atom. The highest BCUT2D eigenvalue weighted by atomic mass is 79.9. The first-order chi connectivity index (χ1) is 9.97. The van der Waals surface area contributed by atoms with Crippen LogP contribution >= 0.6 is 15.9 Å². The van der Waals surface area contributed by atoms with E-state index in [0.29, 0.717) is 11.7 Å². The number of aromatic nitrogens is 3. The van der Waals surface area contributed by atoms with Crippen molar-refractivity contribution in [3.05, 3.63) is 28.2 Å². The molecule has 0 saturated carbocycles. The van der Waals surface area contributed by atoms with E-state index < -0.39 is 0 Å². The second-order valence-corrected chi connectivity index (χ2v) is 5.57. The van der Waals surface area contributed by atoms with Crippen molar-refractivity contribution in [3.8, 4) is 17.8 Å². The lowest BCUT2D eigenvalue weighted by Crippen LogP contribution is -2.11. The van der Waals surface area contributed by atoms with Gasteiger partial charge in [0.25, 0.3) is 0 Å². The highest BCUT2D eigenvalue weighted by Gasteiger charge is 2.11. The average Bonchev–Trinajstić information content (AvgIpc) is 2.41. The van der Waals surface area contributed by atoms with E-state index in [2.05, 4.69) is 36.2 Å². The molecule has 0 aliphatic rings. The van der Waals surface area contributed by atoms with Crippen molar-refractivity contribution in [2.24, 2.45) is 0 Å². The highest BCUT2D eigenvalue weighted by Crippen LogP contribution is 2.26. The van der Waals surface area contributed by atoms with Crippen LogP contribution in [0.3, 0.4) is 0 Å². The summed E-state index contributed by atoms with van der Waals surface area (Å²) in [4.78, 5) is 12.5. The number of nitrogens with zero attached hydrogens (tertiary/aromatic N) is 3. The van der Waals surface area contributed by atoms with Crippen LogP contribution in [0.2, 0.25) is 0 Å². The van der Waals surface area contributed by atoms with Crippen LogP contribution in [0.15, 0.2) is 22.7 Å². The molecule has 1 aromatic carbocycles.